The Morgan fingerprint density at radius 3 is 2.58 bits per heavy atom. The molecule has 0 aliphatic carbocycles. The average molecular weight is 266 g/mol. The molecule has 0 heterocycles. The molecule has 19 heavy (non-hydrogen) atoms. The normalized spacial score (nSPS) is 11.1. The van der Waals surface area contributed by atoms with E-state index in [1.807, 2.05) is 0 Å². The summed E-state index contributed by atoms with van der Waals surface area (Å²) in [5, 5.41) is 22.8. The van der Waals surface area contributed by atoms with Crippen LogP contribution in [0.25, 0.3) is 0 Å². The Morgan fingerprint density at radius 1 is 1.47 bits per heavy atom. The minimum absolute atomic E-state index is 0.0746. The van der Waals surface area contributed by atoms with Gasteiger partial charge in [-0.05, 0) is 24.0 Å². The summed E-state index contributed by atoms with van der Waals surface area (Å²) in [7, 11) is 0. The number of anilines is 1. The molecule has 1 aromatic rings. The van der Waals surface area contributed by atoms with E-state index in [0.29, 0.717) is 12.2 Å². The molecule has 0 aromatic heterocycles. The molecule has 1 rings (SSSR count). The van der Waals surface area contributed by atoms with Gasteiger partial charge in [0.25, 0.3) is 5.69 Å². The molecule has 0 aliphatic rings. The van der Waals surface area contributed by atoms with E-state index in [9.17, 15) is 14.9 Å². The lowest BCUT2D eigenvalue weighted by molar-refractivity contribution is -0.385. The van der Waals surface area contributed by atoms with E-state index in [4.69, 9.17) is 5.11 Å². The molecular formula is C13H18N2O4. The zero-order chi connectivity index (χ0) is 14.6. The van der Waals surface area contributed by atoms with E-state index in [-0.39, 0.29) is 11.0 Å². The predicted octanol–water partition coefficient (Wildman–Crippen LogP) is 3.14. The summed E-state index contributed by atoms with van der Waals surface area (Å²) < 4.78 is 0. The van der Waals surface area contributed by atoms with Gasteiger partial charge in [0.2, 0.25) is 0 Å². The molecule has 0 bridgehead atoms. The van der Waals surface area contributed by atoms with E-state index in [1.54, 1.807) is 0 Å². The van der Waals surface area contributed by atoms with Crippen molar-refractivity contribution in [3.05, 3.63) is 33.9 Å². The summed E-state index contributed by atoms with van der Waals surface area (Å²) in [6, 6.07) is 4.03. The first-order valence-corrected chi connectivity index (χ1v) is 6.02. The summed E-state index contributed by atoms with van der Waals surface area (Å²) in [6.07, 6.45) is 0.971. The number of rotatable bonds is 6. The van der Waals surface area contributed by atoms with Gasteiger partial charge in [0.1, 0.15) is 5.56 Å². The van der Waals surface area contributed by atoms with Gasteiger partial charge in [-0.15, -0.1) is 0 Å². The van der Waals surface area contributed by atoms with Gasteiger partial charge in [0.15, 0.2) is 0 Å². The summed E-state index contributed by atoms with van der Waals surface area (Å²) in [4.78, 5) is 21.0. The Labute approximate surface area is 111 Å². The lowest BCUT2D eigenvalue weighted by atomic mass is 9.90. The van der Waals surface area contributed by atoms with Gasteiger partial charge in [0, 0.05) is 18.3 Å². The fourth-order valence-corrected chi connectivity index (χ4v) is 1.44. The minimum Gasteiger partial charge on any atom is -0.477 e. The Morgan fingerprint density at radius 2 is 2.11 bits per heavy atom. The topological polar surface area (TPSA) is 92.5 Å². The van der Waals surface area contributed by atoms with Crippen molar-refractivity contribution in [2.45, 2.75) is 27.2 Å². The van der Waals surface area contributed by atoms with Crippen LogP contribution in [-0.2, 0) is 0 Å². The molecule has 0 aliphatic heterocycles. The number of carboxylic acid groups (broad SMARTS) is 1. The molecule has 0 saturated heterocycles. The number of nitro groups is 1. The predicted molar refractivity (Wildman–Crippen MR) is 72.6 cm³/mol. The van der Waals surface area contributed by atoms with Crippen LogP contribution < -0.4 is 5.32 Å². The van der Waals surface area contributed by atoms with E-state index in [1.165, 1.54) is 18.2 Å². The SMILES string of the molecule is CCC(C)(C)CNc1ccc([N+](=O)[O-])c(C(=O)O)c1. The van der Waals surface area contributed by atoms with Gasteiger partial charge in [-0.3, -0.25) is 10.1 Å². The van der Waals surface area contributed by atoms with E-state index < -0.39 is 16.6 Å². The zero-order valence-electron chi connectivity index (χ0n) is 11.3. The smallest absolute Gasteiger partial charge is 0.342 e. The maximum Gasteiger partial charge on any atom is 0.342 e. The third-order valence-electron chi connectivity index (χ3n) is 3.15. The lowest BCUT2D eigenvalue weighted by Gasteiger charge is -2.23. The number of hydrogen-bond donors (Lipinski definition) is 2. The molecule has 0 radical (unpaired) electrons. The highest BCUT2D eigenvalue weighted by Gasteiger charge is 2.21. The van der Waals surface area contributed by atoms with Crippen LogP contribution in [0.15, 0.2) is 18.2 Å². The molecule has 0 amide bonds. The van der Waals surface area contributed by atoms with Crippen molar-refractivity contribution in [3.8, 4) is 0 Å². The molecular weight excluding hydrogens is 248 g/mol. The van der Waals surface area contributed by atoms with Gasteiger partial charge in [0.05, 0.1) is 4.92 Å². The van der Waals surface area contributed by atoms with Crippen LogP contribution in [-0.4, -0.2) is 22.5 Å². The van der Waals surface area contributed by atoms with Crippen molar-refractivity contribution in [2.75, 3.05) is 11.9 Å². The first-order chi connectivity index (χ1) is 8.76. The second-order valence-electron chi connectivity index (χ2n) is 5.17. The monoisotopic (exact) mass is 266 g/mol. The van der Waals surface area contributed by atoms with Gasteiger partial charge in [-0.2, -0.15) is 0 Å². The number of nitrogens with zero attached hydrogens (tertiary/aromatic N) is 1. The van der Waals surface area contributed by atoms with Crippen molar-refractivity contribution in [1.82, 2.24) is 0 Å². The van der Waals surface area contributed by atoms with Gasteiger partial charge in [-0.25, -0.2) is 4.79 Å². The fraction of sp³-hybridized carbons (Fsp3) is 0.462. The quantitative estimate of drug-likeness (QED) is 0.609. The molecule has 0 saturated carbocycles. The third-order valence-corrected chi connectivity index (χ3v) is 3.15. The van der Waals surface area contributed by atoms with Crippen LogP contribution in [0.2, 0.25) is 0 Å². The minimum atomic E-state index is -1.30. The first kappa shape index (κ1) is 14.9. The summed E-state index contributed by atoms with van der Waals surface area (Å²) in [5.41, 5.74) is -0.0489. The van der Waals surface area contributed by atoms with Crippen LogP contribution in [0.1, 0.15) is 37.6 Å². The third kappa shape index (κ3) is 3.94. The number of benzene rings is 1. The molecule has 6 heteroatoms. The summed E-state index contributed by atoms with van der Waals surface area (Å²) in [6.45, 7) is 6.91. The Bertz CT molecular complexity index is 497. The van der Waals surface area contributed by atoms with Gasteiger partial charge in [-0.1, -0.05) is 20.8 Å². The number of aromatic carboxylic acids is 1. The number of hydrogen-bond acceptors (Lipinski definition) is 4. The van der Waals surface area contributed by atoms with Gasteiger partial charge < -0.3 is 10.4 Å². The van der Waals surface area contributed by atoms with E-state index in [0.717, 1.165) is 6.42 Å². The Balaban J connectivity index is 2.97. The van der Waals surface area contributed by atoms with Crippen molar-refractivity contribution in [3.63, 3.8) is 0 Å². The maximum atomic E-state index is 11.0. The summed E-state index contributed by atoms with van der Waals surface area (Å²) >= 11 is 0. The highest BCUT2D eigenvalue weighted by Crippen LogP contribution is 2.25. The van der Waals surface area contributed by atoms with E-state index >= 15 is 0 Å². The molecule has 6 nitrogen and oxygen atoms in total. The molecule has 0 fully saturated rings. The zero-order valence-corrected chi connectivity index (χ0v) is 11.3. The largest absolute Gasteiger partial charge is 0.477 e. The second-order valence-corrected chi connectivity index (χ2v) is 5.17. The second kappa shape index (κ2) is 5.69. The molecule has 0 atom stereocenters. The lowest BCUT2D eigenvalue weighted by Crippen LogP contribution is -2.22. The Kier molecular flexibility index (Phi) is 4.47. The van der Waals surface area contributed by atoms with Crippen LogP contribution >= 0.6 is 0 Å². The highest BCUT2D eigenvalue weighted by atomic mass is 16.6. The highest BCUT2D eigenvalue weighted by molar-refractivity contribution is 5.93. The molecule has 0 spiro atoms. The summed E-state index contributed by atoms with van der Waals surface area (Å²) in [5.74, 6) is -1.30. The average Bonchev–Trinajstić information content (AvgIpc) is 2.36. The van der Waals surface area contributed by atoms with Crippen LogP contribution in [0.3, 0.4) is 0 Å². The molecule has 0 unspecified atom stereocenters. The van der Waals surface area contributed by atoms with Crippen molar-refractivity contribution in [2.24, 2.45) is 5.41 Å². The van der Waals surface area contributed by atoms with Crippen LogP contribution in [0.4, 0.5) is 11.4 Å². The standard InChI is InChI=1S/C13H18N2O4/c1-4-13(2,3)8-14-9-5-6-11(15(18)19)10(7-9)12(16)17/h5-7,14H,4,8H2,1-3H3,(H,16,17). The number of nitrogens with one attached hydrogen (secondary N) is 1. The van der Waals surface area contributed by atoms with Crippen LogP contribution in [0, 0.1) is 15.5 Å². The maximum absolute atomic E-state index is 11.0. The molecule has 1 aromatic carbocycles. The number of carboxylic acids is 1. The number of carbonyl (C=O) groups is 1. The van der Waals surface area contributed by atoms with Crippen molar-refractivity contribution >= 4 is 17.3 Å². The molecule has 104 valence electrons. The van der Waals surface area contributed by atoms with E-state index in [2.05, 4.69) is 26.1 Å². The van der Waals surface area contributed by atoms with Crippen molar-refractivity contribution in [1.29, 1.82) is 0 Å². The Hall–Kier alpha value is -2.11. The first-order valence-electron chi connectivity index (χ1n) is 6.02. The van der Waals surface area contributed by atoms with Gasteiger partial charge >= 0.3 is 5.97 Å². The van der Waals surface area contributed by atoms with Crippen molar-refractivity contribution < 1.29 is 14.8 Å². The van der Waals surface area contributed by atoms with Crippen LogP contribution in [0.5, 0.6) is 0 Å². The number of nitro benzene ring substituents is 1. The fourth-order valence-electron chi connectivity index (χ4n) is 1.44. The molecule has 2 N–H and O–H groups in total.